The zero-order chi connectivity index (χ0) is 27.5. The van der Waals surface area contributed by atoms with Gasteiger partial charge in [-0.25, -0.2) is 0 Å². The highest BCUT2D eigenvalue weighted by molar-refractivity contribution is 9.09. The van der Waals surface area contributed by atoms with Gasteiger partial charge in [-0.1, -0.05) is 65.9 Å². The van der Waals surface area contributed by atoms with Crippen LogP contribution in [-0.4, -0.2) is 44.7 Å². The van der Waals surface area contributed by atoms with Crippen molar-refractivity contribution < 1.29 is 22.6 Å². The first-order valence-electron chi connectivity index (χ1n) is 12.5. The summed E-state index contributed by atoms with van der Waals surface area (Å²) in [5.74, 6) is 0.409. The van der Waals surface area contributed by atoms with Gasteiger partial charge >= 0.3 is 6.18 Å². The van der Waals surface area contributed by atoms with Gasteiger partial charge in [0.1, 0.15) is 11.9 Å². The van der Waals surface area contributed by atoms with Crippen molar-refractivity contribution in [2.45, 2.75) is 58.2 Å². The Morgan fingerprint density at radius 1 is 1.00 bits per heavy atom. The van der Waals surface area contributed by atoms with E-state index in [1.165, 1.54) is 12.1 Å². The first-order chi connectivity index (χ1) is 17.4. The third kappa shape index (κ3) is 12.5. The quantitative estimate of drug-likeness (QED) is 0.0714. The molecule has 0 saturated heterocycles. The topological polar surface area (TPSA) is 21.7 Å². The lowest BCUT2D eigenvalue weighted by Gasteiger charge is -2.26. The fourth-order valence-corrected chi connectivity index (χ4v) is 4.58. The Morgan fingerprint density at radius 3 is 2.22 bits per heavy atom. The molecule has 2 aromatic carbocycles. The maximum absolute atomic E-state index is 13.0. The van der Waals surface area contributed by atoms with Gasteiger partial charge in [-0.15, -0.1) is 5.73 Å². The molecule has 0 N–H and O–H groups in total. The lowest BCUT2D eigenvalue weighted by molar-refractivity contribution is -0.137. The van der Waals surface area contributed by atoms with Crippen LogP contribution in [0.2, 0.25) is 25.7 Å². The van der Waals surface area contributed by atoms with Gasteiger partial charge in [0, 0.05) is 39.5 Å². The fourth-order valence-electron chi connectivity index (χ4n) is 3.68. The van der Waals surface area contributed by atoms with Crippen LogP contribution in [0.3, 0.4) is 0 Å². The Labute approximate surface area is 229 Å². The van der Waals surface area contributed by atoms with Crippen molar-refractivity contribution in [2.75, 3.05) is 31.8 Å². The third-order valence-electron chi connectivity index (χ3n) is 5.70. The van der Waals surface area contributed by atoms with Crippen LogP contribution in [0.15, 0.2) is 71.5 Å². The molecular weight excluding hydrogens is 559 g/mol. The zero-order valence-electron chi connectivity index (χ0n) is 22.5. The average molecular weight is 599 g/mol. The molecule has 0 bridgehead atoms. The summed E-state index contributed by atoms with van der Waals surface area (Å²) < 4.78 is 51.2. The van der Waals surface area contributed by atoms with E-state index in [2.05, 4.69) is 53.1 Å². The summed E-state index contributed by atoms with van der Waals surface area (Å²) >= 11 is 3.48. The number of benzene rings is 2. The first-order valence-corrected chi connectivity index (χ1v) is 17.4. The molecule has 0 spiro atoms. The van der Waals surface area contributed by atoms with Crippen LogP contribution in [0.5, 0.6) is 5.75 Å². The highest BCUT2D eigenvalue weighted by Crippen LogP contribution is 2.32. The van der Waals surface area contributed by atoms with E-state index in [0.29, 0.717) is 32.0 Å². The van der Waals surface area contributed by atoms with Gasteiger partial charge < -0.3 is 9.47 Å². The SMILES string of the molecule is CC(=C=C(C)CN(CCC(Oc1ccc(C(F)(F)F)cc1)c1ccccc1)COCC[Si](C)(C)C)CBr. The molecule has 2 rings (SSSR count). The van der Waals surface area contributed by atoms with Crippen LogP contribution < -0.4 is 4.74 Å². The highest BCUT2D eigenvalue weighted by Gasteiger charge is 2.30. The van der Waals surface area contributed by atoms with Gasteiger partial charge in [0.2, 0.25) is 0 Å². The zero-order valence-corrected chi connectivity index (χ0v) is 25.1. The summed E-state index contributed by atoms with van der Waals surface area (Å²) in [4.78, 5) is 2.24. The average Bonchev–Trinajstić information content (AvgIpc) is 2.83. The maximum Gasteiger partial charge on any atom is 0.416 e. The van der Waals surface area contributed by atoms with E-state index in [9.17, 15) is 13.2 Å². The fraction of sp³-hybridized carbons (Fsp3) is 0.483. The summed E-state index contributed by atoms with van der Waals surface area (Å²) in [6, 6.07) is 15.8. The molecule has 0 aliphatic rings. The van der Waals surface area contributed by atoms with Crippen molar-refractivity contribution in [3.63, 3.8) is 0 Å². The number of hydrogen-bond acceptors (Lipinski definition) is 3. The number of rotatable bonds is 14. The van der Waals surface area contributed by atoms with Gasteiger partial charge in [-0.05, 0) is 60.9 Å². The third-order valence-corrected chi connectivity index (χ3v) is 8.24. The molecule has 0 aromatic heterocycles. The second-order valence-corrected chi connectivity index (χ2v) is 16.7. The summed E-state index contributed by atoms with van der Waals surface area (Å²) in [6.07, 6.45) is -4.04. The number of ether oxygens (including phenoxy) is 2. The first kappa shape index (κ1) is 31.4. The van der Waals surface area contributed by atoms with E-state index in [0.717, 1.165) is 46.8 Å². The van der Waals surface area contributed by atoms with E-state index >= 15 is 0 Å². The highest BCUT2D eigenvalue weighted by atomic mass is 79.9. The summed E-state index contributed by atoms with van der Waals surface area (Å²) in [5.41, 5.74) is 5.96. The predicted molar refractivity (Wildman–Crippen MR) is 152 cm³/mol. The standard InChI is InChI=1S/C29H39BrF3NO2Si/c1-23(20-30)19-24(2)21-34(22-35-17-18-37(3,4)5)16-15-28(25-9-7-6-8-10-25)36-27-13-11-26(12-14-27)29(31,32)33/h6-14,28H,15-18,20-22H2,1-5H3. The minimum atomic E-state index is -4.37. The van der Waals surface area contributed by atoms with Crippen molar-refractivity contribution in [3.8, 4) is 5.75 Å². The van der Waals surface area contributed by atoms with E-state index in [-0.39, 0.29) is 6.10 Å². The molecule has 0 amide bonds. The molecule has 204 valence electrons. The lowest BCUT2D eigenvalue weighted by atomic mass is 10.1. The van der Waals surface area contributed by atoms with Crippen LogP contribution >= 0.6 is 15.9 Å². The van der Waals surface area contributed by atoms with E-state index in [1.807, 2.05) is 37.3 Å². The Morgan fingerprint density at radius 2 is 1.65 bits per heavy atom. The second-order valence-electron chi connectivity index (χ2n) is 10.5. The molecule has 0 aliphatic carbocycles. The van der Waals surface area contributed by atoms with Crippen molar-refractivity contribution in [2.24, 2.45) is 0 Å². The number of hydrogen-bond donors (Lipinski definition) is 0. The minimum Gasteiger partial charge on any atom is -0.486 e. The Balaban J connectivity index is 2.17. The molecule has 0 saturated carbocycles. The number of nitrogens with zero attached hydrogens (tertiary/aromatic N) is 1. The molecule has 0 fully saturated rings. The second kappa shape index (κ2) is 14.9. The molecular formula is C29H39BrF3NO2Si. The Bertz CT molecular complexity index is 1010. The molecule has 3 nitrogen and oxygen atoms in total. The van der Waals surface area contributed by atoms with Gasteiger partial charge in [0.05, 0.1) is 12.3 Å². The smallest absolute Gasteiger partial charge is 0.416 e. The Kier molecular flexibility index (Phi) is 12.7. The molecule has 0 heterocycles. The van der Waals surface area contributed by atoms with Crippen molar-refractivity contribution in [1.29, 1.82) is 0 Å². The molecule has 1 atom stereocenters. The van der Waals surface area contributed by atoms with Crippen LogP contribution in [0, 0.1) is 0 Å². The van der Waals surface area contributed by atoms with Crippen molar-refractivity contribution in [3.05, 3.63) is 82.6 Å². The van der Waals surface area contributed by atoms with Crippen LogP contribution in [0.1, 0.15) is 37.5 Å². The van der Waals surface area contributed by atoms with Crippen LogP contribution in [-0.2, 0) is 10.9 Å². The van der Waals surface area contributed by atoms with Gasteiger partial charge in [-0.3, -0.25) is 4.90 Å². The molecule has 0 aliphatic heterocycles. The van der Waals surface area contributed by atoms with Gasteiger partial charge in [0.15, 0.2) is 0 Å². The van der Waals surface area contributed by atoms with Gasteiger partial charge in [-0.2, -0.15) is 13.2 Å². The molecule has 1 unspecified atom stereocenters. The largest absolute Gasteiger partial charge is 0.486 e. The molecule has 0 radical (unpaired) electrons. The maximum atomic E-state index is 13.0. The predicted octanol–water partition coefficient (Wildman–Crippen LogP) is 8.72. The monoisotopic (exact) mass is 597 g/mol. The molecule has 37 heavy (non-hydrogen) atoms. The number of alkyl halides is 4. The molecule has 8 heteroatoms. The lowest BCUT2D eigenvalue weighted by Crippen LogP contribution is -2.32. The van der Waals surface area contributed by atoms with Crippen molar-refractivity contribution >= 4 is 24.0 Å². The van der Waals surface area contributed by atoms with Crippen LogP contribution in [0.4, 0.5) is 13.2 Å². The van der Waals surface area contributed by atoms with E-state index < -0.39 is 19.8 Å². The normalized spacial score (nSPS) is 12.8. The van der Waals surface area contributed by atoms with E-state index in [1.54, 1.807) is 0 Å². The Hall–Kier alpha value is -1.83. The van der Waals surface area contributed by atoms with E-state index in [4.69, 9.17) is 9.47 Å². The summed E-state index contributed by atoms with van der Waals surface area (Å²) in [5, 5.41) is 0.772. The minimum absolute atomic E-state index is 0.313. The van der Waals surface area contributed by atoms with Gasteiger partial charge in [0.25, 0.3) is 0 Å². The summed E-state index contributed by atoms with van der Waals surface area (Å²) in [6.45, 7) is 13.7. The van der Waals surface area contributed by atoms with Crippen LogP contribution in [0.25, 0.3) is 0 Å². The summed E-state index contributed by atoms with van der Waals surface area (Å²) in [7, 11) is -1.19. The number of halogens is 4. The molecule has 2 aromatic rings. The van der Waals surface area contributed by atoms with Crippen molar-refractivity contribution in [1.82, 2.24) is 4.90 Å².